The largest absolute Gasteiger partial charge is 0.368 e. The zero-order valence-corrected chi connectivity index (χ0v) is 15.3. The number of amides is 2. The summed E-state index contributed by atoms with van der Waals surface area (Å²) in [5.41, 5.74) is 2.01. The summed E-state index contributed by atoms with van der Waals surface area (Å²) >= 11 is 1.33. The number of benzene rings is 1. The number of hydrogen-bond donors (Lipinski definition) is 1. The minimum Gasteiger partial charge on any atom is -0.368 e. The van der Waals surface area contributed by atoms with E-state index in [1.165, 1.54) is 11.3 Å². The molecule has 2 aliphatic rings. The molecular weight excluding hydrogens is 352 g/mol. The first kappa shape index (κ1) is 17.1. The lowest BCUT2D eigenvalue weighted by molar-refractivity contribution is -0.124. The van der Waals surface area contributed by atoms with Crippen LogP contribution in [0.1, 0.15) is 35.8 Å². The Bertz CT molecular complexity index is 831. The van der Waals surface area contributed by atoms with Crippen molar-refractivity contribution in [1.29, 1.82) is 0 Å². The van der Waals surface area contributed by atoms with Crippen LogP contribution in [0.15, 0.2) is 24.3 Å². The second-order valence-electron chi connectivity index (χ2n) is 6.63. The third-order valence-corrected chi connectivity index (χ3v) is 5.77. The van der Waals surface area contributed by atoms with E-state index in [0.717, 1.165) is 29.1 Å². The highest BCUT2D eigenvalue weighted by Crippen LogP contribution is 2.35. The molecule has 136 valence electrons. The van der Waals surface area contributed by atoms with Gasteiger partial charge in [0.2, 0.25) is 11.0 Å². The second-order valence-corrected chi connectivity index (χ2v) is 7.64. The molecule has 2 amide bonds. The molecule has 2 aromatic rings. The number of rotatable bonds is 4. The van der Waals surface area contributed by atoms with Gasteiger partial charge in [-0.15, -0.1) is 10.2 Å². The van der Waals surface area contributed by atoms with Crippen LogP contribution >= 0.6 is 11.3 Å². The number of aryl methyl sites for hydroxylation is 1. The summed E-state index contributed by atoms with van der Waals surface area (Å²) in [6.45, 7) is 3.20. The van der Waals surface area contributed by atoms with Gasteiger partial charge in [-0.3, -0.25) is 14.9 Å². The number of carbonyl (C=O) groups excluding carboxylic acids is 2. The molecular formula is C18H20N4O3S. The summed E-state index contributed by atoms with van der Waals surface area (Å²) in [6, 6.07) is 7.86. The molecule has 0 saturated carbocycles. The van der Waals surface area contributed by atoms with E-state index in [9.17, 15) is 9.59 Å². The van der Waals surface area contributed by atoms with E-state index in [2.05, 4.69) is 15.5 Å². The summed E-state index contributed by atoms with van der Waals surface area (Å²) in [5.74, 6) is -0.0911. The van der Waals surface area contributed by atoms with Gasteiger partial charge in [0.15, 0.2) is 0 Å². The highest BCUT2D eigenvalue weighted by molar-refractivity contribution is 7.15. The number of nitrogens with one attached hydrogen (secondary N) is 1. The monoisotopic (exact) mass is 372 g/mol. The molecule has 2 aliphatic heterocycles. The molecule has 0 aliphatic carbocycles. The van der Waals surface area contributed by atoms with E-state index in [0.29, 0.717) is 24.7 Å². The predicted octanol–water partition coefficient (Wildman–Crippen LogP) is 2.48. The number of hydrogen-bond acceptors (Lipinski definition) is 6. The van der Waals surface area contributed by atoms with Crippen LogP contribution in [-0.2, 0) is 14.3 Å². The van der Waals surface area contributed by atoms with Gasteiger partial charge in [-0.2, -0.15) is 0 Å². The number of aromatic nitrogens is 2. The first-order valence-electron chi connectivity index (χ1n) is 8.73. The minimum absolute atomic E-state index is 0.00649. The van der Waals surface area contributed by atoms with E-state index in [1.54, 1.807) is 0 Å². The second kappa shape index (κ2) is 7.13. The smallest absolute Gasteiger partial charge is 0.255 e. The molecule has 2 atom stereocenters. The van der Waals surface area contributed by atoms with Gasteiger partial charge < -0.3 is 9.64 Å². The Morgan fingerprint density at radius 1 is 1.35 bits per heavy atom. The maximum Gasteiger partial charge on any atom is 0.255 e. The topological polar surface area (TPSA) is 84.4 Å². The molecule has 26 heavy (non-hydrogen) atoms. The molecule has 7 nitrogen and oxygen atoms in total. The van der Waals surface area contributed by atoms with Crippen molar-refractivity contribution in [3.8, 4) is 0 Å². The van der Waals surface area contributed by atoms with Crippen LogP contribution in [-0.4, -0.2) is 41.3 Å². The predicted molar refractivity (Wildman–Crippen MR) is 98.4 cm³/mol. The fraction of sp³-hybridized carbons (Fsp3) is 0.444. The van der Waals surface area contributed by atoms with E-state index < -0.39 is 6.10 Å². The summed E-state index contributed by atoms with van der Waals surface area (Å²) in [6.07, 6.45) is 1.65. The molecule has 0 spiro atoms. The summed E-state index contributed by atoms with van der Waals surface area (Å²) < 4.78 is 5.37. The lowest BCUT2D eigenvalue weighted by atomic mass is 10.1. The lowest BCUT2D eigenvalue weighted by Gasteiger charge is -2.18. The molecule has 2 fully saturated rings. The Morgan fingerprint density at radius 3 is 2.96 bits per heavy atom. The van der Waals surface area contributed by atoms with Gasteiger partial charge in [0.25, 0.3) is 5.91 Å². The Balaban J connectivity index is 1.44. The molecule has 2 saturated heterocycles. The number of nitrogens with zero attached hydrogens (tertiary/aromatic N) is 3. The number of para-hydroxylation sites is 1. The van der Waals surface area contributed by atoms with Crippen LogP contribution in [0.3, 0.4) is 0 Å². The first-order valence-corrected chi connectivity index (χ1v) is 9.55. The molecule has 0 unspecified atom stereocenters. The molecule has 8 heteroatoms. The molecule has 3 heterocycles. The SMILES string of the molecule is Cc1ccccc1N1C[C@H](c2nnc(NC(=O)[C@H]3CCCO3)s2)CC1=O. The van der Waals surface area contributed by atoms with Crippen LogP contribution in [0, 0.1) is 6.92 Å². The van der Waals surface area contributed by atoms with E-state index in [4.69, 9.17) is 4.74 Å². The molecule has 0 radical (unpaired) electrons. The van der Waals surface area contributed by atoms with Crippen LogP contribution in [0.25, 0.3) is 0 Å². The number of anilines is 2. The van der Waals surface area contributed by atoms with Gasteiger partial charge in [0.05, 0.1) is 0 Å². The zero-order valence-electron chi connectivity index (χ0n) is 14.5. The maximum atomic E-state index is 12.5. The third kappa shape index (κ3) is 3.34. The standard InChI is InChI=1S/C18H20N4O3S/c1-11-5-2-3-6-13(11)22-10-12(9-15(22)23)17-20-21-18(26-17)19-16(24)14-7-4-8-25-14/h2-3,5-6,12,14H,4,7-10H2,1H3,(H,19,21,24)/t12-,14-/m1/s1. The van der Waals surface area contributed by atoms with Gasteiger partial charge in [-0.1, -0.05) is 29.5 Å². The van der Waals surface area contributed by atoms with Gasteiger partial charge >= 0.3 is 0 Å². The van der Waals surface area contributed by atoms with Crippen LogP contribution < -0.4 is 10.2 Å². The Hall–Kier alpha value is -2.32. The number of ether oxygens (including phenoxy) is 1. The summed E-state index contributed by atoms with van der Waals surface area (Å²) in [7, 11) is 0. The zero-order chi connectivity index (χ0) is 18.1. The van der Waals surface area contributed by atoms with Gasteiger partial charge in [-0.25, -0.2) is 0 Å². The minimum atomic E-state index is -0.396. The molecule has 4 rings (SSSR count). The van der Waals surface area contributed by atoms with Gasteiger partial charge in [0, 0.05) is 31.2 Å². The molecule has 1 aromatic heterocycles. The van der Waals surface area contributed by atoms with Crippen molar-refractivity contribution in [3.63, 3.8) is 0 Å². The Labute approximate surface area is 155 Å². The molecule has 1 N–H and O–H groups in total. The van der Waals surface area contributed by atoms with Crippen molar-refractivity contribution in [1.82, 2.24) is 10.2 Å². The van der Waals surface area contributed by atoms with Crippen LogP contribution in [0.5, 0.6) is 0 Å². The van der Waals surface area contributed by atoms with E-state index in [-0.39, 0.29) is 17.7 Å². The highest BCUT2D eigenvalue weighted by atomic mass is 32.1. The normalized spacial score (nSPS) is 22.8. The fourth-order valence-electron chi connectivity index (χ4n) is 3.39. The number of carbonyl (C=O) groups is 2. The van der Waals surface area contributed by atoms with Crippen molar-refractivity contribution >= 4 is 34.0 Å². The van der Waals surface area contributed by atoms with Gasteiger partial charge in [-0.05, 0) is 31.4 Å². The quantitative estimate of drug-likeness (QED) is 0.891. The highest BCUT2D eigenvalue weighted by Gasteiger charge is 2.34. The van der Waals surface area contributed by atoms with E-state index in [1.807, 2.05) is 36.1 Å². The van der Waals surface area contributed by atoms with Crippen LogP contribution in [0.4, 0.5) is 10.8 Å². The van der Waals surface area contributed by atoms with Crippen molar-refractivity contribution in [2.45, 2.75) is 38.2 Å². The summed E-state index contributed by atoms with van der Waals surface area (Å²) in [5, 5.41) is 12.3. The fourth-order valence-corrected chi connectivity index (χ4v) is 4.23. The van der Waals surface area contributed by atoms with Crippen LogP contribution in [0.2, 0.25) is 0 Å². The average Bonchev–Trinajstić information content (AvgIpc) is 3.36. The summed E-state index contributed by atoms with van der Waals surface area (Å²) in [4.78, 5) is 26.4. The van der Waals surface area contributed by atoms with E-state index >= 15 is 0 Å². The Kier molecular flexibility index (Phi) is 4.69. The average molecular weight is 372 g/mol. The van der Waals surface area contributed by atoms with Crippen molar-refractivity contribution < 1.29 is 14.3 Å². The Morgan fingerprint density at radius 2 is 2.19 bits per heavy atom. The first-order chi connectivity index (χ1) is 12.6. The van der Waals surface area contributed by atoms with Crippen molar-refractivity contribution in [3.05, 3.63) is 34.8 Å². The molecule has 1 aromatic carbocycles. The van der Waals surface area contributed by atoms with Crippen molar-refractivity contribution in [2.75, 3.05) is 23.4 Å². The maximum absolute atomic E-state index is 12.5. The van der Waals surface area contributed by atoms with Crippen molar-refractivity contribution in [2.24, 2.45) is 0 Å². The molecule has 0 bridgehead atoms. The third-order valence-electron chi connectivity index (χ3n) is 4.77. The van der Waals surface area contributed by atoms with Gasteiger partial charge in [0.1, 0.15) is 11.1 Å². The lowest BCUT2D eigenvalue weighted by Crippen LogP contribution is -2.26.